The number of aromatic carboxylic acids is 1. The number of rotatable bonds is 1. The molecule has 5 heteroatoms. The Morgan fingerprint density at radius 3 is 2.52 bits per heavy atom. The van der Waals surface area contributed by atoms with Crippen molar-refractivity contribution in [3.05, 3.63) is 34.9 Å². The molecule has 2 aliphatic heterocycles. The van der Waals surface area contributed by atoms with Gasteiger partial charge in [0, 0.05) is 25.7 Å². The maximum Gasteiger partial charge on any atom is 0.335 e. The Labute approximate surface area is 124 Å². The van der Waals surface area contributed by atoms with Gasteiger partial charge in [0.15, 0.2) is 0 Å². The number of amides is 2. The summed E-state index contributed by atoms with van der Waals surface area (Å²) < 4.78 is 0. The predicted octanol–water partition coefficient (Wildman–Crippen LogP) is 2.55. The van der Waals surface area contributed by atoms with E-state index in [1.165, 1.54) is 0 Å². The summed E-state index contributed by atoms with van der Waals surface area (Å²) in [5.41, 5.74) is 2.28. The van der Waals surface area contributed by atoms with Crippen LogP contribution in [0.4, 0.5) is 4.79 Å². The van der Waals surface area contributed by atoms with Crippen LogP contribution in [0.2, 0.25) is 0 Å². The summed E-state index contributed by atoms with van der Waals surface area (Å²) in [4.78, 5) is 27.4. The highest BCUT2D eigenvalue weighted by atomic mass is 16.4. The van der Waals surface area contributed by atoms with E-state index in [2.05, 4.69) is 13.8 Å². The first-order chi connectivity index (χ1) is 9.95. The Morgan fingerprint density at radius 1 is 1.19 bits per heavy atom. The van der Waals surface area contributed by atoms with Crippen LogP contribution in [0.1, 0.15) is 41.8 Å². The summed E-state index contributed by atoms with van der Waals surface area (Å²) in [6.07, 6.45) is 1.05. The molecule has 2 heterocycles. The van der Waals surface area contributed by atoms with E-state index >= 15 is 0 Å². The van der Waals surface area contributed by atoms with E-state index in [0.29, 0.717) is 19.0 Å². The van der Waals surface area contributed by atoms with Gasteiger partial charge >= 0.3 is 12.0 Å². The van der Waals surface area contributed by atoms with Crippen LogP contribution >= 0.6 is 0 Å². The molecule has 0 radical (unpaired) electrons. The van der Waals surface area contributed by atoms with Crippen molar-refractivity contribution >= 4 is 12.0 Å². The second-order valence-electron chi connectivity index (χ2n) is 6.27. The van der Waals surface area contributed by atoms with Gasteiger partial charge in [0.25, 0.3) is 0 Å². The predicted molar refractivity (Wildman–Crippen MR) is 78.0 cm³/mol. The number of benzene rings is 1. The van der Waals surface area contributed by atoms with Crippen molar-refractivity contribution in [2.24, 2.45) is 5.92 Å². The lowest BCUT2D eigenvalue weighted by Crippen LogP contribution is -2.42. The third-order valence-electron chi connectivity index (χ3n) is 4.48. The topological polar surface area (TPSA) is 60.9 Å². The minimum atomic E-state index is -0.926. The number of urea groups is 1. The molecule has 0 aliphatic carbocycles. The number of nitrogens with zero attached hydrogens (tertiary/aromatic N) is 2. The number of hydrogen-bond donors (Lipinski definition) is 1. The molecular weight excluding hydrogens is 268 g/mol. The average molecular weight is 288 g/mol. The van der Waals surface area contributed by atoms with Gasteiger partial charge in [-0.25, -0.2) is 9.59 Å². The molecule has 2 atom stereocenters. The summed E-state index contributed by atoms with van der Waals surface area (Å²) in [6, 6.07) is 5.46. The normalized spacial score (nSPS) is 24.3. The smallest absolute Gasteiger partial charge is 0.335 e. The van der Waals surface area contributed by atoms with Crippen LogP contribution in [-0.2, 0) is 13.1 Å². The molecule has 2 unspecified atom stereocenters. The van der Waals surface area contributed by atoms with E-state index < -0.39 is 5.97 Å². The highest BCUT2D eigenvalue weighted by molar-refractivity contribution is 5.88. The van der Waals surface area contributed by atoms with E-state index in [1.54, 1.807) is 12.1 Å². The molecule has 112 valence electrons. The fraction of sp³-hybridized carbons (Fsp3) is 0.500. The van der Waals surface area contributed by atoms with Gasteiger partial charge in [0.05, 0.1) is 5.56 Å². The zero-order valence-corrected chi connectivity index (χ0v) is 12.4. The maximum atomic E-state index is 12.6. The van der Waals surface area contributed by atoms with Gasteiger partial charge in [-0.15, -0.1) is 0 Å². The summed E-state index contributed by atoms with van der Waals surface area (Å²) in [7, 11) is 0. The Balaban J connectivity index is 1.75. The molecular formula is C16H20N2O3. The fourth-order valence-corrected chi connectivity index (χ4v) is 3.41. The monoisotopic (exact) mass is 288 g/mol. The molecule has 1 aromatic rings. The van der Waals surface area contributed by atoms with Crippen molar-refractivity contribution in [3.8, 4) is 0 Å². The largest absolute Gasteiger partial charge is 0.478 e. The Kier molecular flexibility index (Phi) is 3.35. The lowest BCUT2D eigenvalue weighted by Gasteiger charge is -2.27. The van der Waals surface area contributed by atoms with Crippen LogP contribution in [0.15, 0.2) is 18.2 Å². The second-order valence-corrected chi connectivity index (χ2v) is 6.27. The quantitative estimate of drug-likeness (QED) is 0.864. The number of likely N-dealkylation sites (tertiary alicyclic amines) is 1. The van der Waals surface area contributed by atoms with Gasteiger partial charge in [0.2, 0.25) is 0 Å². The average Bonchev–Trinajstić information content (AvgIpc) is 2.99. The first-order valence-electron chi connectivity index (χ1n) is 7.36. The Hall–Kier alpha value is -2.04. The van der Waals surface area contributed by atoms with Gasteiger partial charge in [-0.1, -0.05) is 13.0 Å². The first kappa shape index (κ1) is 13.9. The minimum absolute atomic E-state index is 0.0694. The molecule has 0 saturated carbocycles. The van der Waals surface area contributed by atoms with E-state index in [0.717, 1.165) is 24.1 Å². The van der Waals surface area contributed by atoms with Crippen molar-refractivity contribution in [2.75, 3.05) is 6.54 Å². The number of carbonyl (C=O) groups excluding carboxylic acids is 1. The summed E-state index contributed by atoms with van der Waals surface area (Å²) in [5.74, 6) is -0.378. The van der Waals surface area contributed by atoms with Crippen LogP contribution in [0.5, 0.6) is 0 Å². The molecule has 2 aliphatic rings. The number of carboxylic acids is 1. The highest BCUT2D eigenvalue weighted by Crippen LogP contribution is 2.29. The third kappa shape index (κ3) is 2.48. The number of carboxylic acid groups (broad SMARTS) is 1. The van der Waals surface area contributed by atoms with Crippen LogP contribution in [-0.4, -0.2) is 39.5 Å². The van der Waals surface area contributed by atoms with Crippen molar-refractivity contribution in [3.63, 3.8) is 0 Å². The highest BCUT2D eigenvalue weighted by Gasteiger charge is 2.34. The van der Waals surface area contributed by atoms with Crippen molar-refractivity contribution < 1.29 is 14.7 Å². The first-order valence-corrected chi connectivity index (χ1v) is 7.36. The molecule has 0 aromatic heterocycles. The van der Waals surface area contributed by atoms with Crippen molar-refractivity contribution in [1.29, 1.82) is 0 Å². The van der Waals surface area contributed by atoms with Gasteiger partial charge in [0.1, 0.15) is 0 Å². The van der Waals surface area contributed by atoms with Crippen LogP contribution in [0.25, 0.3) is 0 Å². The van der Waals surface area contributed by atoms with Crippen molar-refractivity contribution in [2.45, 2.75) is 39.4 Å². The third-order valence-corrected chi connectivity index (χ3v) is 4.48. The molecule has 3 rings (SSSR count). The molecule has 1 fully saturated rings. The molecule has 2 amide bonds. The summed E-state index contributed by atoms with van der Waals surface area (Å²) >= 11 is 0. The fourth-order valence-electron chi connectivity index (χ4n) is 3.41. The Bertz CT molecular complexity index is 599. The van der Waals surface area contributed by atoms with Crippen LogP contribution < -0.4 is 0 Å². The van der Waals surface area contributed by atoms with E-state index in [9.17, 15) is 9.59 Å². The Morgan fingerprint density at radius 2 is 1.90 bits per heavy atom. The zero-order valence-electron chi connectivity index (χ0n) is 12.4. The maximum absolute atomic E-state index is 12.6. The van der Waals surface area contributed by atoms with Crippen LogP contribution in [0, 0.1) is 5.92 Å². The van der Waals surface area contributed by atoms with E-state index in [-0.39, 0.29) is 17.6 Å². The van der Waals surface area contributed by atoms with Gasteiger partial charge in [-0.05, 0) is 42.5 Å². The van der Waals surface area contributed by atoms with Crippen molar-refractivity contribution in [1.82, 2.24) is 9.80 Å². The molecule has 1 aromatic carbocycles. The second kappa shape index (κ2) is 5.06. The molecule has 1 N–H and O–H groups in total. The van der Waals surface area contributed by atoms with Gasteiger partial charge < -0.3 is 14.9 Å². The summed E-state index contributed by atoms with van der Waals surface area (Å²) in [5, 5.41) is 9.04. The number of carbonyl (C=O) groups is 2. The number of hydrogen-bond acceptors (Lipinski definition) is 2. The molecule has 0 spiro atoms. The lowest BCUT2D eigenvalue weighted by atomic mass is 10.1. The lowest BCUT2D eigenvalue weighted by molar-refractivity contribution is 0.0696. The standard InChI is InChI=1S/C16H20N2O3/c1-10-5-11(2)18(7-10)16(21)17-8-13-4-3-12(15(19)20)6-14(13)9-17/h3-4,6,10-11H,5,7-9H2,1-2H3,(H,19,20). The van der Waals surface area contributed by atoms with Crippen LogP contribution in [0.3, 0.4) is 0 Å². The summed E-state index contributed by atoms with van der Waals surface area (Å²) in [6.45, 7) is 6.15. The SMILES string of the molecule is CC1CC(C)N(C(=O)N2Cc3ccc(C(=O)O)cc3C2)C1. The molecule has 1 saturated heterocycles. The molecule has 0 bridgehead atoms. The zero-order chi connectivity index (χ0) is 15.1. The van der Waals surface area contributed by atoms with Gasteiger partial charge in [-0.2, -0.15) is 0 Å². The van der Waals surface area contributed by atoms with Gasteiger partial charge in [-0.3, -0.25) is 0 Å². The minimum Gasteiger partial charge on any atom is -0.478 e. The number of fused-ring (bicyclic) bond motifs is 1. The van der Waals surface area contributed by atoms with E-state index in [4.69, 9.17) is 5.11 Å². The molecule has 21 heavy (non-hydrogen) atoms. The molecule has 5 nitrogen and oxygen atoms in total. The van der Waals surface area contributed by atoms with E-state index in [1.807, 2.05) is 15.9 Å².